The first kappa shape index (κ1) is 14.8. The molecule has 0 spiro atoms. The molecule has 100 valence electrons. The minimum absolute atomic E-state index is 0.338. The van der Waals surface area contributed by atoms with E-state index >= 15 is 0 Å². The molecular formula is C14H10Cl4O. The van der Waals surface area contributed by atoms with Crippen LogP contribution in [0.2, 0.25) is 15.1 Å². The lowest BCUT2D eigenvalue weighted by Crippen LogP contribution is -1.98. The molecule has 2 rings (SSSR count). The van der Waals surface area contributed by atoms with Crippen molar-refractivity contribution in [2.24, 2.45) is 0 Å². The minimum Gasteiger partial charge on any atom is -0.489 e. The van der Waals surface area contributed by atoms with Gasteiger partial charge in [-0.15, -0.1) is 11.6 Å². The summed E-state index contributed by atoms with van der Waals surface area (Å²) in [6.45, 7) is 0.349. The number of hydrogen-bond acceptors (Lipinski definition) is 1. The highest BCUT2D eigenvalue weighted by Gasteiger charge is 2.06. The molecule has 0 aliphatic rings. The molecule has 5 heteroatoms. The van der Waals surface area contributed by atoms with E-state index in [2.05, 4.69) is 0 Å². The molecule has 0 saturated carbocycles. The Bertz CT molecular complexity index is 584. The lowest BCUT2D eigenvalue weighted by Gasteiger charge is -2.11. The normalized spacial score (nSPS) is 10.5. The molecule has 0 aromatic heterocycles. The van der Waals surface area contributed by atoms with Gasteiger partial charge in [0.05, 0.1) is 5.88 Å². The van der Waals surface area contributed by atoms with E-state index in [1.807, 2.05) is 6.07 Å². The van der Waals surface area contributed by atoms with E-state index in [1.165, 1.54) is 0 Å². The summed E-state index contributed by atoms with van der Waals surface area (Å²) in [6, 6.07) is 10.6. The highest BCUT2D eigenvalue weighted by Crippen LogP contribution is 2.27. The molecule has 0 heterocycles. The second kappa shape index (κ2) is 6.71. The number of ether oxygens (including phenoxy) is 1. The van der Waals surface area contributed by atoms with E-state index in [1.54, 1.807) is 30.3 Å². The average Bonchev–Trinajstić information content (AvgIpc) is 2.39. The molecular weight excluding hydrogens is 326 g/mol. The summed E-state index contributed by atoms with van der Waals surface area (Å²) < 4.78 is 5.72. The molecule has 0 radical (unpaired) electrons. The number of rotatable bonds is 4. The van der Waals surface area contributed by atoms with E-state index in [9.17, 15) is 0 Å². The summed E-state index contributed by atoms with van der Waals surface area (Å²) in [5.74, 6) is 1.04. The van der Waals surface area contributed by atoms with Gasteiger partial charge in [0.2, 0.25) is 0 Å². The van der Waals surface area contributed by atoms with Gasteiger partial charge < -0.3 is 4.74 Å². The third-order valence-electron chi connectivity index (χ3n) is 2.56. The number of hydrogen-bond donors (Lipinski definition) is 0. The molecule has 0 aliphatic carbocycles. The first-order valence-electron chi connectivity index (χ1n) is 5.51. The molecule has 0 saturated heterocycles. The zero-order valence-corrected chi connectivity index (χ0v) is 12.8. The Kier molecular flexibility index (Phi) is 5.23. The molecule has 2 aromatic carbocycles. The van der Waals surface area contributed by atoms with Crippen LogP contribution in [0.5, 0.6) is 5.75 Å². The van der Waals surface area contributed by atoms with Gasteiger partial charge in [0.15, 0.2) is 0 Å². The molecule has 0 unspecified atom stereocenters. The maximum Gasteiger partial charge on any atom is 0.124 e. The molecule has 0 bridgehead atoms. The van der Waals surface area contributed by atoms with Crippen molar-refractivity contribution < 1.29 is 4.74 Å². The Balaban J connectivity index is 2.14. The fraction of sp³-hybridized carbons (Fsp3) is 0.143. The SMILES string of the molecule is ClCc1cc(Cl)ccc1OCc1ccc(Cl)cc1Cl. The molecule has 19 heavy (non-hydrogen) atoms. The average molecular weight is 336 g/mol. The van der Waals surface area contributed by atoms with Gasteiger partial charge in [0, 0.05) is 26.2 Å². The fourth-order valence-corrected chi connectivity index (χ4v) is 2.45. The predicted molar refractivity (Wildman–Crippen MR) is 81.8 cm³/mol. The number of halogens is 4. The van der Waals surface area contributed by atoms with Crippen LogP contribution in [0.1, 0.15) is 11.1 Å². The molecule has 2 aromatic rings. The second-order valence-corrected chi connectivity index (χ2v) is 5.46. The van der Waals surface area contributed by atoms with Crippen molar-refractivity contribution in [2.75, 3.05) is 0 Å². The summed E-state index contributed by atoms with van der Waals surface area (Å²) in [4.78, 5) is 0. The van der Waals surface area contributed by atoms with Gasteiger partial charge in [-0.1, -0.05) is 40.9 Å². The van der Waals surface area contributed by atoms with Crippen LogP contribution in [-0.2, 0) is 12.5 Å². The van der Waals surface area contributed by atoms with Crippen molar-refractivity contribution in [1.82, 2.24) is 0 Å². The van der Waals surface area contributed by atoms with Crippen LogP contribution in [0, 0.1) is 0 Å². The van der Waals surface area contributed by atoms with E-state index in [0.717, 1.165) is 11.1 Å². The van der Waals surface area contributed by atoms with Gasteiger partial charge in [-0.2, -0.15) is 0 Å². The zero-order chi connectivity index (χ0) is 13.8. The first-order valence-corrected chi connectivity index (χ1v) is 7.18. The predicted octanol–water partition coefficient (Wildman–Crippen LogP) is 5.96. The van der Waals surface area contributed by atoms with Crippen LogP contribution in [0.4, 0.5) is 0 Å². The van der Waals surface area contributed by atoms with Crippen LogP contribution in [0.3, 0.4) is 0 Å². The highest BCUT2D eigenvalue weighted by atomic mass is 35.5. The van der Waals surface area contributed by atoms with Gasteiger partial charge in [0.25, 0.3) is 0 Å². The topological polar surface area (TPSA) is 9.23 Å². The lowest BCUT2D eigenvalue weighted by atomic mass is 10.2. The maximum absolute atomic E-state index is 6.08. The standard InChI is InChI=1S/C14H10Cl4O/c15-7-10-5-11(16)3-4-14(10)19-8-9-1-2-12(17)6-13(9)18/h1-6H,7-8H2. The van der Waals surface area contributed by atoms with Crippen molar-refractivity contribution >= 4 is 46.4 Å². The Morgan fingerprint density at radius 2 is 1.53 bits per heavy atom. The minimum atomic E-state index is 0.338. The number of alkyl halides is 1. The van der Waals surface area contributed by atoms with Gasteiger partial charge in [-0.25, -0.2) is 0 Å². The van der Waals surface area contributed by atoms with Gasteiger partial charge in [-0.3, -0.25) is 0 Å². The van der Waals surface area contributed by atoms with Crippen molar-refractivity contribution in [3.8, 4) is 5.75 Å². The molecule has 0 amide bonds. The van der Waals surface area contributed by atoms with Crippen LogP contribution < -0.4 is 4.74 Å². The van der Waals surface area contributed by atoms with Crippen LogP contribution in [-0.4, -0.2) is 0 Å². The van der Waals surface area contributed by atoms with Crippen LogP contribution in [0.25, 0.3) is 0 Å². The van der Waals surface area contributed by atoms with Crippen molar-refractivity contribution in [2.45, 2.75) is 12.5 Å². The van der Waals surface area contributed by atoms with E-state index in [4.69, 9.17) is 51.1 Å². The summed E-state index contributed by atoms with van der Waals surface area (Å²) in [5.41, 5.74) is 1.71. The van der Waals surface area contributed by atoms with Crippen molar-refractivity contribution in [1.29, 1.82) is 0 Å². The second-order valence-electron chi connectivity index (χ2n) is 3.91. The van der Waals surface area contributed by atoms with E-state index in [0.29, 0.717) is 33.3 Å². The van der Waals surface area contributed by atoms with E-state index in [-0.39, 0.29) is 0 Å². The third-order valence-corrected chi connectivity index (χ3v) is 3.67. The molecule has 0 atom stereocenters. The quantitative estimate of drug-likeness (QED) is 0.626. The summed E-state index contributed by atoms with van der Waals surface area (Å²) in [7, 11) is 0. The first-order chi connectivity index (χ1) is 9.10. The summed E-state index contributed by atoms with van der Waals surface area (Å²) >= 11 is 23.7. The Hall–Kier alpha value is -0.600. The highest BCUT2D eigenvalue weighted by molar-refractivity contribution is 6.35. The summed E-state index contributed by atoms with van der Waals surface area (Å²) in [6.07, 6.45) is 0. The maximum atomic E-state index is 6.08. The van der Waals surface area contributed by atoms with Crippen LogP contribution >= 0.6 is 46.4 Å². The van der Waals surface area contributed by atoms with Crippen molar-refractivity contribution in [3.63, 3.8) is 0 Å². The van der Waals surface area contributed by atoms with E-state index < -0.39 is 0 Å². The fourth-order valence-electron chi connectivity index (χ4n) is 1.59. The molecule has 1 nitrogen and oxygen atoms in total. The zero-order valence-electron chi connectivity index (χ0n) is 9.80. The molecule has 0 aliphatic heterocycles. The number of benzene rings is 2. The monoisotopic (exact) mass is 334 g/mol. The summed E-state index contributed by atoms with van der Waals surface area (Å²) in [5, 5.41) is 1.81. The molecule has 0 N–H and O–H groups in total. The lowest BCUT2D eigenvalue weighted by molar-refractivity contribution is 0.304. The van der Waals surface area contributed by atoms with Gasteiger partial charge >= 0.3 is 0 Å². The van der Waals surface area contributed by atoms with Crippen molar-refractivity contribution in [3.05, 3.63) is 62.6 Å². The van der Waals surface area contributed by atoms with Gasteiger partial charge in [0.1, 0.15) is 12.4 Å². The largest absolute Gasteiger partial charge is 0.489 e. The van der Waals surface area contributed by atoms with Gasteiger partial charge in [-0.05, 0) is 30.3 Å². The molecule has 0 fully saturated rings. The Morgan fingerprint density at radius 3 is 2.21 bits per heavy atom. The van der Waals surface area contributed by atoms with Crippen LogP contribution in [0.15, 0.2) is 36.4 Å². The Morgan fingerprint density at radius 1 is 0.842 bits per heavy atom. The third kappa shape index (κ3) is 3.93. The smallest absolute Gasteiger partial charge is 0.124 e. The Labute approximate surface area is 132 Å².